The van der Waals surface area contributed by atoms with E-state index in [0.29, 0.717) is 24.8 Å². The molecule has 0 amide bonds. The molecule has 0 fully saturated rings. The molecular formula is C27H25F5. The molecule has 3 aromatic carbocycles. The normalized spacial score (nSPS) is 15.6. The van der Waals surface area contributed by atoms with Crippen molar-refractivity contribution >= 4 is 0 Å². The summed E-state index contributed by atoms with van der Waals surface area (Å²) < 4.78 is 70.1. The summed E-state index contributed by atoms with van der Waals surface area (Å²) >= 11 is 0. The van der Waals surface area contributed by atoms with Gasteiger partial charge in [-0.25, -0.2) is 22.0 Å². The number of hydrogen-bond donors (Lipinski definition) is 0. The Hall–Kier alpha value is -2.69. The van der Waals surface area contributed by atoms with Crippen LogP contribution in [0.5, 0.6) is 0 Å². The summed E-state index contributed by atoms with van der Waals surface area (Å²) in [4.78, 5) is 0. The van der Waals surface area contributed by atoms with E-state index in [1.54, 1.807) is 12.1 Å². The maximum Gasteiger partial charge on any atom is 0.194 e. The van der Waals surface area contributed by atoms with Gasteiger partial charge in [-0.05, 0) is 96.2 Å². The molecule has 0 spiro atoms. The lowest BCUT2D eigenvalue weighted by atomic mass is 9.79. The second-order valence-electron chi connectivity index (χ2n) is 8.61. The fourth-order valence-corrected chi connectivity index (χ4v) is 4.61. The molecule has 0 radical (unpaired) electrons. The van der Waals surface area contributed by atoms with Gasteiger partial charge in [0.2, 0.25) is 0 Å². The highest BCUT2D eigenvalue weighted by atomic mass is 19.2. The van der Waals surface area contributed by atoms with Crippen molar-refractivity contribution in [2.24, 2.45) is 0 Å². The van der Waals surface area contributed by atoms with Crippen molar-refractivity contribution in [2.75, 3.05) is 0 Å². The van der Waals surface area contributed by atoms with Crippen molar-refractivity contribution in [1.29, 1.82) is 0 Å². The van der Waals surface area contributed by atoms with Gasteiger partial charge in [0, 0.05) is 5.56 Å². The van der Waals surface area contributed by atoms with Gasteiger partial charge in [-0.3, -0.25) is 0 Å². The number of unbranched alkanes of at least 4 members (excludes halogenated alkanes) is 2. The van der Waals surface area contributed by atoms with Crippen molar-refractivity contribution in [3.8, 4) is 11.1 Å². The largest absolute Gasteiger partial charge is 0.207 e. The van der Waals surface area contributed by atoms with Gasteiger partial charge in [0.05, 0.1) is 0 Å². The van der Waals surface area contributed by atoms with Crippen molar-refractivity contribution in [3.05, 3.63) is 93.8 Å². The van der Waals surface area contributed by atoms with Crippen molar-refractivity contribution in [1.82, 2.24) is 0 Å². The number of benzene rings is 3. The van der Waals surface area contributed by atoms with Crippen LogP contribution in [-0.4, -0.2) is 0 Å². The minimum absolute atomic E-state index is 0.0302. The van der Waals surface area contributed by atoms with Gasteiger partial charge in [-0.1, -0.05) is 31.9 Å². The maximum atomic E-state index is 14.8. The topological polar surface area (TPSA) is 0 Å². The summed E-state index contributed by atoms with van der Waals surface area (Å²) in [6, 6.07) is 9.96. The summed E-state index contributed by atoms with van der Waals surface area (Å²) in [5.74, 6) is -5.20. The third-order valence-electron chi connectivity index (χ3n) is 6.39. The van der Waals surface area contributed by atoms with Gasteiger partial charge in [-0.15, -0.1) is 0 Å². The Morgan fingerprint density at radius 2 is 1.53 bits per heavy atom. The van der Waals surface area contributed by atoms with E-state index in [-0.39, 0.29) is 22.9 Å². The molecular weight excluding hydrogens is 419 g/mol. The average molecular weight is 444 g/mol. The van der Waals surface area contributed by atoms with Gasteiger partial charge in [0.15, 0.2) is 17.5 Å². The van der Waals surface area contributed by atoms with Crippen molar-refractivity contribution in [2.45, 2.75) is 57.8 Å². The first-order valence-corrected chi connectivity index (χ1v) is 11.1. The molecule has 0 aliphatic heterocycles. The van der Waals surface area contributed by atoms with E-state index < -0.39 is 23.3 Å². The highest BCUT2D eigenvalue weighted by Gasteiger charge is 2.25. The minimum atomic E-state index is -1.58. The standard InChI is InChI=1S/C27H25F5/c1-2-3-4-5-16-6-9-21(23(28)10-16)18-8-7-17-12-22(24(29)13-19(17)11-18)20-14-25(30)27(32)26(31)15-20/h6,9-10,12-15,18H,2-5,7-8,11H2,1H3. The summed E-state index contributed by atoms with van der Waals surface area (Å²) in [6.07, 6.45) is 5.91. The molecule has 168 valence electrons. The van der Waals surface area contributed by atoms with Crippen LogP contribution >= 0.6 is 0 Å². The fraction of sp³-hybridized carbons (Fsp3) is 0.333. The molecule has 0 aromatic heterocycles. The van der Waals surface area contributed by atoms with Crippen LogP contribution in [0.3, 0.4) is 0 Å². The highest BCUT2D eigenvalue weighted by molar-refractivity contribution is 5.66. The number of halogens is 5. The van der Waals surface area contributed by atoms with Gasteiger partial charge >= 0.3 is 0 Å². The molecule has 1 unspecified atom stereocenters. The number of hydrogen-bond acceptors (Lipinski definition) is 0. The number of fused-ring (bicyclic) bond motifs is 1. The smallest absolute Gasteiger partial charge is 0.194 e. The van der Waals surface area contributed by atoms with E-state index in [2.05, 4.69) is 6.92 Å². The summed E-state index contributed by atoms with van der Waals surface area (Å²) in [5.41, 5.74) is 3.24. The number of aryl methyl sites for hydroxylation is 2. The molecule has 0 saturated carbocycles. The lowest BCUT2D eigenvalue weighted by molar-refractivity contribution is 0.447. The van der Waals surface area contributed by atoms with E-state index in [1.165, 1.54) is 6.07 Å². The second-order valence-corrected chi connectivity index (χ2v) is 8.61. The molecule has 4 rings (SSSR count). The lowest BCUT2D eigenvalue weighted by Gasteiger charge is -2.26. The Morgan fingerprint density at radius 3 is 2.22 bits per heavy atom. The molecule has 1 aliphatic carbocycles. The van der Waals surface area contributed by atoms with Crippen LogP contribution in [0, 0.1) is 29.1 Å². The third-order valence-corrected chi connectivity index (χ3v) is 6.39. The average Bonchev–Trinajstić information content (AvgIpc) is 2.76. The maximum absolute atomic E-state index is 14.8. The predicted octanol–water partition coefficient (Wildman–Crippen LogP) is 8.05. The lowest BCUT2D eigenvalue weighted by Crippen LogP contribution is -2.15. The molecule has 32 heavy (non-hydrogen) atoms. The van der Waals surface area contributed by atoms with E-state index in [0.717, 1.165) is 54.5 Å². The zero-order valence-corrected chi connectivity index (χ0v) is 18.0. The Labute approximate surface area is 185 Å². The van der Waals surface area contributed by atoms with E-state index >= 15 is 0 Å². The zero-order chi connectivity index (χ0) is 22.8. The second kappa shape index (κ2) is 9.43. The molecule has 0 nitrogen and oxygen atoms in total. The van der Waals surface area contributed by atoms with Crippen molar-refractivity contribution < 1.29 is 22.0 Å². The van der Waals surface area contributed by atoms with E-state index in [1.807, 2.05) is 12.1 Å². The molecule has 3 aromatic rings. The Morgan fingerprint density at radius 1 is 0.781 bits per heavy atom. The Kier molecular flexibility index (Phi) is 6.63. The Balaban J connectivity index is 1.57. The van der Waals surface area contributed by atoms with Crippen LogP contribution in [0.1, 0.15) is 60.8 Å². The highest BCUT2D eigenvalue weighted by Crippen LogP contribution is 2.37. The van der Waals surface area contributed by atoms with Crippen LogP contribution in [0.4, 0.5) is 22.0 Å². The molecule has 0 saturated heterocycles. The summed E-state index contributed by atoms with van der Waals surface area (Å²) in [6.45, 7) is 2.13. The first-order chi connectivity index (χ1) is 15.4. The monoisotopic (exact) mass is 444 g/mol. The molecule has 5 heteroatoms. The van der Waals surface area contributed by atoms with Crippen LogP contribution in [-0.2, 0) is 19.3 Å². The SMILES string of the molecule is CCCCCc1ccc(C2CCc3cc(-c4cc(F)c(F)c(F)c4)c(F)cc3C2)c(F)c1. The number of rotatable bonds is 6. The molecule has 0 N–H and O–H groups in total. The van der Waals surface area contributed by atoms with Gasteiger partial charge < -0.3 is 0 Å². The van der Waals surface area contributed by atoms with Crippen molar-refractivity contribution in [3.63, 3.8) is 0 Å². The molecule has 1 aliphatic rings. The van der Waals surface area contributed by atoms with Gasteiger partial charge in [0.25, 0.3) is 0 Å². The van der Waals surface area contributed by atoms with Crippen LogP contribution < -0.4 is 0 Å². The predicted molar refractivity (Wildman–Crippen MR) is 116 cm³/mol. The molecule has 0 heterocycles. The first kappa shape index (κ1) is 22.5. The van der Waals surface area contributed by atoms with Crippen LogP contribution in [0.2, 0.25) is 0 Å². The summed E-state index contributed by atoms with van der Waals surface area (Å²) in [7, 11) is 0. The van der Waals surface area contributed by atoms with Gasteiger partial charge in [-0.2, -0.15) is 0 Å². The van der Waals surface area contributed by atoms with Crippen LogP contribution in [0.15, 0.2) is 42.5 Å². The third kappa shape index (κ3) is 4.57. The van der Waals surface area contributed by atoms with E-state index in [4.69, 9.17) is 0 Å². The van der Waals surface area contributed by atoms with E-state index in [9.17, 15) is 22.0 Å². The Bertz CT molecular complexity index is 1110. The molecule has 1 atom stereocenters. The zero-order valence-electron chi connectivity index (χ0n) is 18.0. The molecule has 0 bridgehead atoms. The quantitative estimate of drug-likeness (QED) is 0.205. The fourth-order valence-electron chi connectivity index (χ4n) is 4.61. The van der Waals surface area contributed by atoms with Crippen LogP contribution in [0.25, 0.3) is 11.1 Å². The first-order valence-electron chi connectivity index (χ1n) is 11.1. The van der Waals surface area contributed by atoms with Gasteiger partial charge in [0.1, 0.15) is 11.6 Å². The minimum Gasteiger partial charge on any atom is -0.207 e. The summed E-state index contributed by atoms with van der Waals surface area (Å²) in [5, 5.41) is 0.